The molecule has 19 heavy (non-hydrogen) atoms. The van der Waals surface area contributed by atoms with Crippen LogP contribution in [-0.4, -0.2) is 35.6 Å². The Kier molecular flexibility index (Phi) is 5.02. The lowest BCUT2D eigenvalue weighted by Crippen LogP contribution is -2.41. The summed E-state index contributed by atoms with van der Waals surface area (Å²) in [6.07, 6.45) is 2.44. The third-order valence-corrected chi connectivity index (χ3v) is 4.09. The third kappa shape index (κ3) is 3.81. The Morgan fingerprint density at radius 3 is 3.00 bits per heavy atom. The fourth-order valence-corrected chi connectivity index (χ4v) is 3.02. The average Bonchev–Trinajstić information content (AvgIpc) is 2.38. The lowest BCUT2D eigenvalue weighted by Gasteiger charge is -2.32. The number of hydrogen-bond acceptors (Lipinski definition) is 3. The molecule has 1 aromatic rings. The van der Waals surface area contributed by atoms with Crippen molar-refractivity contribution in [1.29, 1.82) is 0 Å². The standard InChI is InChI=1S/C14H20ClN3S/c1-2-18-7-3-4-11(9-18)17-10-5-6-12(14(16)19)13(15)8-10/h5-6,8,11,17H,2-4,7,9H2,1H3,(H2,16,19). The van der Waals surface area contributed by atoms with Crippen LogP contribution in [0.1, 0.15) is 25.3 Å². The van der Waals surface area contributed by atoms with Crippen LogP contribution in [0.15, 0.2) is 18.2 Å². The number of halogens is 1. The topological polar surface area (TPSA) is 41.3 Å². The second-order valence-electron chi connectivity index (χ2n) is 4.94. The van der Waals surface area contributed by atoms with Gasteiger partial charge in [0.25, 0.3) is 0 Å². The molecular formula is C14H20ClN3S. The molecule has 3 nitrogen and oxygen atoms in total. The molecule has 0 radical (unpaired) electrons. The Morgan fingerprint density at radius 1 is 1.58 bits per heavy atom. The third-order valence-electron chi connectivity index (χ3n) is 3.56. The maximum Gasteiger partial charge on any atom is 0.105 e. The van der Waals surface area contributed by atoms with Crippen LogP contribution in [0.2, 0.25) is 5.02 Å². The van der Waals surface area contributed by atoms with Crippen molar-refractivity contribution in [2.45, 2.75) is 25.8 Å². The largest absolute Gasteiger partial charge is 0.389 e. The zero-order chi connectivity index (χ0) is 13.8. The van der Waals surface area contributed by atoms with Gasteiger partial charge in [-0.25, -0.2) is 0 Å². The molecule has 1 atom stereocenters. The van der Waals surface area contributed by atoms with Gasteiger partial charge in [0.15, 0.2) is 0 Å². The number of hydrogen-bond donors (Lipinski definition) is 2. The summed E-state index contributed by atoms with van der Waals surface area (Å²) in [5, 5.41) is 4.15. The molecule has 2 rings (SSSR count). The first-order valence-electron chi connectivity index (χ1n) is 6.68. The second kappa shape index (κ2) is 6.55. The minimum atomic E-state index is 0.339. The molecule has 5 heteroatoms. The van der Waals surface area contributed by atoms with E-state index in [4.69, 9.17) is 29.6 Å². The number of nitrogens with one attached hydrogen (secondary N) is 1. The molecule has 0 saturated carbocycles. The van der Waals surface area contributed by atoms with Crippen LogP contribution < -0.4 is 11.1 Å². The Bertz CT molecular complexity index is 464. The molecule has 1 saturated heterocycles. The molecule has 0 spiro atoms. The highest BCUT2D eigenvalue weighted by atomic mass is 35.5. The van der Waals surface area contributed by atoms with Crippen molar-refractivity contribution in [3.8, 4) is 0 Å². The Morgan fingerprint density at radius 2 is 2.37 bits per heavy atom. The number of likely N-dealkylation sites (N-methyl/N-ethyl adjacent to an activating group) is 1. The Balaban J connectivity index is 2.03. The lowest BCUT2D eigenvalue weighted by atomic mass is 10.1. The Labute approximate surface area is 125 Å². The number of rotatable bonds is 4. The van der Waals surface area contributed by atoms with Crippen molar-refractivity contribution >= 4 is 34.5 Å². The van der Waals surface area contributed by atoms with Gasteiger partial charge >= 0.3 is 0 Å². The minimum Gasteiger partial charge on any atom is -0.389 e. The van der Waals surface area contributed by atoms with Crippen LogP contribution in [0.5, 0.6) is 0 Å². The van der Waals surface area contributed by atoms with E-state index in [-0.39, 0.29) is 0 Å². The van der Waals surface area contributed by atoms with Crippen molar-refractivity contribution in [2.75, 3.05) is 25.0 Å². The van der Waals surface area contributed by atoms with E-state index in [2.05, 4.69) is 17.1 Å². The van der Waals surface area contributed by atoms with Crippen molar-refractivity contribution in [3.05, 3.63) is 28.8 Å². The van der Waals surface area contributed by atoms with Crippen LogP contribution in [0.25, 0.3) is 0 Å². The van der Waals surface area contributed by atoms with Gasteiger partial charge in [0.1, 0.15) is 4.99 Å². The predicted molar refractivity (Wildman–Crippen MR) is 86.1 cm³/mol. The van der Waals surface area contributed by atoms with Crippen LogP contribution in [0.3, 0.4) is 0 Å². The molecule has 0 amide bonds. The van der Waals surface area contributed by atoms with Gasteiger partial charge in [-0.2, -0.15) is 0 Å². The van der Waals surface area contributed by atoms with Gasteiger partial charge in [-0.1, -0.05) is 30.7 Å². The van der Waals surface area contributed by atoms with E-state index in [0.29, 0.717) is 16.1 Å². The van der Waals surface area contributed by atoms with Gasteiger partial charge in [0, 0.05) is 23.8 Å². The predicted octanol–water partition coefficient (Wildman–Crippen LogP) is 2.87. The molecule has 0 aromatic heterocycles. The van der Waals surface area contributed by atoms with Gasteiger partial charge in [-0.05, 0) is 44.1 Å². The lowest BCUT2D eigenvalue weighted by molar-refractivity contribution is 0.227. The van der Waals surface area contributed by atoms with Crippen LogP contribution in [-0.2, 0) is 0 Å². The first-order valence-corrected chi connectivity index (χ1v) is 7.47. The first-order chi connectivity index (χ1) is 9.10. The highest BCUT2D eigenvalue weighted by Gasteiger charge is 2.18. The van der Waals surface area contributed by atoms with E-state index in [1.165, 1.54) is 19.4 Å². The molecule has 3 N–H and O–H groups in total. The Hall–Kier alpha value is -0.840. The average molecular weight is 298 g/mol. The fourth-order valence-electron chi connectivity index (χ4n) is 2.50. The minimum absolute atomic E-state index is 0.339. The van der Waals surface area contributed by atoms with Crippen LogP contribution in [0.4, 0.5) is 5.69 Å². The van der Waals surface area contributed by atoms with Crippen LogP contribution >= 0.6 is 23.8 Å². The summed E-state index contributed by atoms with van der Waals surface area (Å²) in [6.45, 7) is 5.61. The summed E-state index contributed by atoms with van der Waals surface area (Å²) < 4.78 is 0. The number of likely N-dealkylation sites (tertiary alicyclic amines) is 1. The molecule has 104 valence electrons. The van der Waals surface area contributed by atoms with Gasteiger partial charge in [0.05, 0.1) is 5.02 Å². The van der Waals surface area contributed by atoms with Gasteiger partial charge in [0.2, 0.25) is 0 Å². The fraction of sp³-hybridized carbons (Fsp3) is 0.500. The van der Waals surface area contributed by atoms with E-state index in [9.17, 15) is 0 Å². The first kappa shape index (κ1) is 14.6. The number of nitrogens with zero attached hydrogens (tertiary/aromatic N) is 1. The molecular weight excluding hydrogens is 278 g/mol. The van der Waals surface area contributed by atoms with Gasteiger partial charge in [-0.3, -0.25) is 0 Å². The molecule has 1 aliphatic rings. The molecule has 0 aliphatic carbocycles. The summed E-state index contributed by atoms with van der Waals surface area (Å²) in [6, 6.07) is 6.26. The molecule has 0 bridgehead atoms. The normalized spacial score (nSPS) is 20.2. The summed E-state index contributed by atoms with van der Waals surface area (Å²) in [5.74, 6) is 0. The van der Waals surface area contributed by atoms with Crippen molar-refractivity contribution < 1.29 is 0 Å². The van der Waals surface area contributed by atoms with E-state index < -0.39 is 0 Å². The summed E-state index contributed by atoms with van der Waals surface area (Å²) in [7, 11) is 0. The molecule has 1 fully saturated rings. The SMILES string of the molecule is CCN1CCCC(Nc2ccc(C(N)=S)c(Cl)c2)C1. The monoisotopic (exact) mass is 297 g/mol. The van der Waals surface area contributed by atoms with E-state index in [0.717, 1.165) is 24.3 Å². The maximum absolute atomic E-state index is 6.18. The number of anilines is 1. The molecule has 1 aromatic carbocycles. The van der Waals surface area contributed by atoms with Crippen molar-refractivity contribution in [3.63, 3.8) is 0 Å². The highest BCUT2D eigenvalue weighted by molar-refractivity contribution is 7.80. The van der Waals surface area contributed by atoms with Crippen molar-refractivity contribution in [1.82, 2.24) is 4.90 Å². The number of benzene rings is 1. The van der Waals surface area contributed by atoms with Gasteiger partial charge < -0.3 is 16.0 Å². The van der Waals surface area contributed by atoms with E-state index in [1.54, 1.807) is 0 Å². The maximum atomic E-state index is 6.18. The quantitative estimate of drug-likeness (QED) is 0.839. The van der Waals surface area contributed by atoms with Crippen LogP contribution in [0, 0.1) is 0 Å². The summed E-state index contributed by atoms with van der Waals surface area (Å²) in [5.41, 5.74) is 7.38. The molecule has 1 aliphatic heterocycles. The summed E-state index contributed by atoms with van der Waals surface area (Å²) >= 11 is 11.1. The highest BCUT2D eigenvalue weighted by Crippen LogP contribution is 2.23. The number of thiocarbonyl (C=S) groups is 1. The second-order valence-corrected chi connectivity index (χ2v) is 5.78. The van der Waals surface area contributed by atoms with E-state index in [1.807, 2.05) is 18.2 Å². The molecule has 1 unspecified atom stereocenters. The molecule has 1 heterocycles. The smallest absolute Gasteiger partial charge is 0.105 e. The van der Waals surface area contributed by atoms with Crippen molar-refractivity contribution in [2.24, 2.45) is 5.73 Å². The zero-order valence-corrected chi connectivity index (χ0v) is 12.7. The van der Waals surface area contributed by atoms with E-state index >= 15 is 0 Å². The van der Waals surface area contributed by atoms with Gasteiger partial charge in [-0.15, -0.1) is 0 Å². The summed E-state index contributed by atoms with van der Waals surface area (Å²) in [4.78, 5) is 2.80. The number of nitrogens with two attached hydrogens (primary N) is 1. The number of piperidine rings is 1. The zero-order valence-electron chi connectivity index (χ0n) is 11.2.